The van der Waals surface area contributed by atoms with E-state index in [0.29, 0.717) is 17.6 Å². The first-order valence-electron chi connectivity index (χ1n) is 10.7. The van der Waals surface area contributed by atoms with Crippen LogP contribution in [0.3, 0.4) is 0 Å². The summed E-state index contributed by atoms with van der Waals surface area (Å²) in [5.41, 5.74) is 6.84. The highest BCUT2D eigenvalue weighted by atomic mass is 35.5. The van der Waals surface area contributed by atoms with Crippen molar-refractivity contribution in [2.45, 2.75) is 12.8 Å². The number of benzene rings is 3. The lowest BCUT2D eigenvalue weighted by atomic mass is 9.96. The third-order valence-electron chi connectivity index (χ3n) is 6.12. The maximum Gasteiger partial charge on any atom is 0.319 e. The van der Waals surface area contributed by atoms with E-state index in [2.05, 4.69) is 14.9 Å². The number of phenolic OH excluding ortho intramolecular Hbond substituents is 1. The molecule has 0 unspecified atom stereocenters. The summed E-state index contributed by atoms with van der Waals surface area (Å²) in [5, 5.41) is 12.2. The smallest absolute Gasteiger partial charge is 0.319 e. The number of halogens is 2. The molecule has 0 amide bonds. The number of nitrogens with two attached hydrogens (primary N) is 1. The lowest BCUT2D eigenvalue weighted by Crippen LogP contribution is -2.28. The van der Waals surface area contributed by atoms with Gasteiger partial charge in [-0.15, -0.1) is 0 Å². The molecule has 5 rings (SSSR count). The first-order chi connectivity index (χ1) is 15.8. The van der Waals surface area contributed by atoms with Crippen LogP contribution in [0.25, 0.3) is 32.8 Å². The van der Waals surface area contributed by atoms with Gasteiger partial charge in [-0.25, -0.2) is 4.39 Å². The molecule has 3 aromatic carbocycles. The topological polar surface area (TPSA) is 84.5 Å². The Kier molecular flexibility index (Phi) is 5.26. The molecule has 0 bridgehead atoms. The number of aromatic nitrogens is 2. The van der Waals surface area contributed by atoms with E-state index < -0.39 is 5.82 Å². The van der Waals surface area contributed by atoms with Crippen molar-refractivity contribution in [3.63, 3.8) is 0 Å². The number of aromatic hydroxyl groups is 1. The Balaban J connectivity index is 1.61. The van der Waals surface area contributed by atoms with E-state index in [1.165, 1.54) is 6.07 Å². The standard InChI is InChI=1S/C25H24ClFN4O2/c1-31(2)12-25(7-8-25)13-33-24-29-22-18(23(28)30-24)11-19(26)20(21(22)27)17-10-15(32)9-14-5-3-4-6-16(14)17/h3-6,9-11,32H,7-8,12-13H2,1-2H3,(H2,28,29,30). The third kappa shape index (κ3) is 4.03. The van der Waals surface area contributed by atoms with Crippen molar-refractivity contribution in [2.75, 3.05) is 33.0 Å². The largest absolute Gasteiger partial charge is 0.508 e. The van der Waals surface area contributed by atoms with Crippen LogP contribution in [-0.4, -0.2) is 47.2 Å². The van der Waals surface area contributed by atoms with Crippen molar-refractivity contribution >= 4 is 39.1 Å². The minimum atomic E-state index is -0.637. The van der Waals surface area contributed by atoms with E-state index in [1.54, 1.807) is 12.1 Å². The van der Waals surface area contributed by atoms with Crippen molar-refractivity contribution in [3.8, 4) is 22.9 Å². The van der Waals surface area contributed by atoms with Gasteiger partial charge in [-0.1, -0.05) is 35.9 Å². The Labute approximate surface area is 195 Å². The molecule has 3 N–H and O–H groups in total. The zero-order valence-corrected chi connectivity index (χ0v) is 19.2. The molecule has 0 atom stereocenters. The van der Waals surface area contributed by atoms with Gasteiger partial charge >= 0.3 is 6.01 Å². The van der Waals surface area contributed by atoms with Gasteiger partial charge in [0, 0.05) is 22.9 Å². The van der Waals surface area contributed by atoms with Crippen LogP contribution < -0.4 is 10.5 Å². The number of ether oxygens (including phenoxy) is 1. The number of fused-ring (bicyclic) bond motifs is 2. The summed E-state index contributed by atoms with van der Waals surface area (Å²) < 4.78 is 21.8. The van der Waals surface area contributed by atoms with Crippen molar-refractivity contribution in [1.82, 2.24) is 14.9 Å². The van der Waals surface area contributed by atoms with Crippen LogP contribution in [0, 0.1) is 11.2 Å². The fraction of sp³-hybridized carbons (Fsp3) is 0.280. The molecule has 0 aliphatic heterocycles. The van der Waals surface area contributed by atoms with Crippen molar-refractivity contribution in [3.05, 3.63) is 53.3 Å². The first-order valence-corrected chi connectivity index (χ1v) is 11.1. The molecule has 4 aromatic rings. The fourth-order valence-electron chi connectivity index (χ4n) is 4.42. The van der Waals surface area contributed by atoms with Crippen LogP contribution in [-0.2, 0) is 0 Å². The van der Waals surface area contributed by atoms with Crippen molar-refractivity contribution in [2.24, 2.45) is 5.41 Å². The second-order valence-electron chi connectivity index (χ2n) is 9.08. The molecule has 1 aliphatic carbocycles. The van der Waals surface area contributed by atoms with Gasteiger partial charge in [0.25, 0.3) is 0 Å². The van der Waals surface area contributed by atoms with Gasteiger partial charge in [-0.05, 0) is 61.5 Å². The van der Waals surface area contributed by atoms with Crippen LogP contribution in [0.4, 0.5) is 10.2 Å². The summed E-state index contributed by atoms with van der Waals surface area (Å²) in [6.07, 6.45) is 2.12. The number of phenols is 1. The molecule has 1 aromatic heterocycles. The quantitative estimate of drug-likeness (QED) is 0.403. The Hall–Kier alpha value is -3.16. The molecule has 0 radical (unpaired) electrons. The van der Waals surface area contributed by atoms with Gasteiger partial charge in [0.1, 0.15) is 17.1 Å². The van der Waals surface area contributed by atoms with Gasteiger partial charge in [-0.2, -0.15) is 9.97 Å². The Morgan fingerprint density at radius 1 is 1.15 bits per heavy atom. The highest BCUT2D eigenvalue weighted by Gasteiger charge is 2.44. The summed E-state index contributed by atoms with van der Waals surface area (Å²) in [7, 11) is 4.05. The monoisotopic (exact) mass is 466 g/mol. The maximum absolute atomic E-state index is 15.9. The Bertz CT molecular complexity index is 1390. The maximum atomic E-state index is 15.9. The predicted octanol–water partition coefficient (Wildman–Crippen LogP) is 5.25. The van der Waals surface area contributed by atoms with Crippen LogP contribution in [0.15, 0.2) is 42.5 Å². The molecular formula is C25H24ClFN4O2. The Morgan fingerprint density at radius 2 is 1.91 bits per heavy atom. The molecule has 0 saturated heterocycles. The fourth-order valence-corrected chi connectivity index (χ4v) is 4.72. The predicted molar refractivity (Wildman–Crippen MR) is 129 cm³/mol. The summed E-state index contributed by atoms with van der Waals surface area (Å²) >= 11 is 6.52. The lowest BCUT2D eigenvalue weighted by Gasteiger charge is -2.20. The summed E-state index contributed by atoms with van der Waals surface area (Å²) in [6, 6.07) is 12.1. The van der Waals surface area contributed by atoms with Crippen LogP contribution >= 0.6 is 11.6 Å². The minimum absolute atomic E-state index is 0.0149. The highest BCUT2D eigenvalue weighted by molar-refractivity contribution is 6.35. The molecule has 1 aliphatic rings. The molecule has 1 saturated carbocycles. The van der Waals surface area contributed by atoms with E-state index in [9.17, 15) is 5.11 Å². The lowest BCUT2D eigenvalue weighted by molar-refractivity contribution is 0.183. The second kappa shape index (κ2) is 8.01. The molecular weight excluding hydrogens is 443 g/mol. The van der Waals surface area contributed by atoms with Gasteiger partial charge in [-0.3, -0.25) is 0 Å². The molecule has 8 heteroatoms. The molecule has 170 valence electrons. The number of nitrogens with zero attached hydrogens (tertiary/aromatic N) is 3. The molecule has 1 fully saturated rings. The third-order valence-corrected chi connectivity index (χ3v) is 6.42. The average Bonchev–Trinajstić information content (AvgIpc) is 3.52. The summed E-state index contributed by atoms with van der Waals surface area (Å²) in [5.74, 6) is -0.525. The van der Waals surface area contributed by atoms with Gasteiger partial charge in [0.2, 0.25) is 0 Å². The molecule has 33 heavy (non-hydrogen) atoms. The zero-order chi connectivity index (χ0) is 23.3. The van der Waals surface area contributed by atoms with Crippen LogP contribution in [0.5, 0.6) is 11.8 Å². The minimum Gasteiger partial charge on any atom is -0.508 e. The Morgan fingerprint density at radius 3 is 2.64 bits per heavy atom. The van der Waals surface area contributed by atoms with Gasteiger partial charge in [0.05, 0.1) is 11.6 Å². The molecule has 1 heterocycles. The zero-order valence-electron chi connectivity index (χ0n) is 18.4. The first kappa shape index (κ1) is 21.7. The highest BCUT2D eigenvalue weighted by Crippen LogP contribution is 2.46. The van der Waals surface area contributed by atoms with E-state index >= 15 is 4.39 Å². The molecule has 6 nitrogen and oxygen atoms in total. The number of nitrogen functional groups attached to an aromatic ring is 1. The van der Waals surface area contributed by atoms with Crippen molar-refractivity contribution < 1.29 is 14.2 Å². The average molecular weight is 467 g/mol. The summed E-state index contributed by atoms with van der Waals surface area (Å²) in [6.45, 7) is 1.34. The van der Waals surface area contributed by atoms with E-state index in [1.807, 2.05) is 38.4 Å². The van der Waals surface area contributed by atoms with Crippen molar-refractivity contribution in [1.29, 1.82) is 0 Å². The summed E-state index contributed by atoms with van der Waals surface area (Å²) in [4.78, 5) is 10.7. The number of anilines is 1. The normalized spacial score (nSPS) is 14.8. The van der Waals surface area contributed by atoms with Gasteiger partial charge < -0.3 is 20.5 Å². The number of hydrogen-bond donors (Lipinski definition) is 2. The SMILES string of the molecule is CN(C)CC1(COc2nc(N)c3cc(Cl)c(-c4cc(O)cc5ccccc45)c(F)c3n2)CC1. The van der Waals surface area contributed by atoms with E-state index in [-0.39, 0.29) is 39.1 Å². The van der Waals surface area contributed by atoms with E-state index in [4.69, 9.17) is 22.1 Å². The molecule has 0 spiro atoms. The van der Waals surface area contributed by atoms with Crippen LogP contribution in [0.2, 0.25) is 5.02 Å². The number of hydrogen-bond acceptors (Lipinski definition) is 6. The van der Waals surface area contributed by atoms with Gasteiger partial charge in [0.15, 0.2) is 5.82 Å². The van der Waals surface area contributed by atoms with E-state index in [0.717, 1.165) is 30.2 Å². The van der Waals surface area contributed by atoms with Crippen LogP contribution in [0.1, 0.15) is 12.8 Å². The second-order valence-corrected chi connectivity index (χ2v) is 9.48. The number of rotatable bonds is 6.